The minimum absolute atomic E-state index is 1.18. The molecule has 0 saturated heterocycles. The Kier molecular flexibility index (Phi) is 9.84. The van der Waals surface area contributed by atoms with Crippen LogP contribution in [0.15, 0.2) is 11.8 Å². The first-order chi connectivity index (χ1) is 5.41. The smallest absolute Gasteiger partial charge is 0.0287 e. The van der Waals surface area contributed by atoms with Crippen LogP contribution in [-0.2, 0) is 0 Å². The summed E-state index contributed by atoms with van der Waals surface area (Å²) in [6, 6.07) is 0. The fraction of sp³-hybridized carbons (Fsp3) is 0.778. The average molecular weight is 171 g/mol. The van der Waals surface area contributed by atoms with Crippen LogP contribution in [0.2, 0.25) is 0 Å². The summed E-state index contributed by atoms with van der Waals surface area (Å²) in [5.74, 6) is 0. The Morgan fingerprint density at radius 1 is 1.27 bits per heavy atom. The number of unbranched alkanes of at least 4 members (excludes halogenated alkanes) is 2. The van der Waals surface area contributed by atoms with Crippen molar-refractivity contribution in [1.29, 1.82) is 0 Å². The largest absolute Gasteiger partial charge is 0.317 e. The molecule has 0 fully saturated rings. The van der Waals surface area contributed by atoms with Gasteiger partial charge >= 0.3 is 0 Å². The van der Waals surface area contributed by atoms with E-state index in [1.54, 1.807) is 0 Å². The summed E-state index contributed by atoms with van der Waals surface area (Å²) in [5.41, 5.74) is 2.26. The Labute approximate surface area is 73.7 Å². The van der Waals surface area contributed by atoms with Crippen LogP contribution in [0.3, 0.4) is 0 Å². The predicted molar refractivity (Wildman–Crippen MR) is 56.1 cm³/mol. The van der Waals surface area contributed by atoms with E-state index in [9.17, 15) is 0 Å². The van der Waals surface area contributed by atoms with Gasteiger partial charge in [-0.25, -0.2) is 0 Å². The van der Waals surface area contributed by atoms with Crippen LogP contribution in [0.4, 0.5) is 0 Å². The van der Waals surface area contributed by atoms with Crippen LogP contribution in [-0.4, -0.2) is 23.3 Å². The van der Waals surface area contributed by atoms with E-state index >= 15 is 0 Å². The molecule has 0 spiro atoms. The van der Waals surface area contributed by atoms with Gasteiger partial charge in [0, 0.05) is 10.2 Å². The maximum absolute atomic E-state index is 3.40. The van der Waals surface area contributed by atoms with Crippen molar-refractivity contribution in [3.05, 3.63) is 11.8 Å². The summed E-state index contributed by atoms with van der Waals surface area (Å²) >= 11 is 0. The minimum atomic E-state index is 1.18. The Balaban J connectivity index is 2.79. The zero-order valence-electron chi connectivity index (χ0n) is 7.90. The Bertz CT molecular complexity index is 91.6. The first-order valence-electron chi connectivity index (χ1n) is 4.73. The molecule has 0 aliphatic heterocycles. The fourth-order valence-corrected chi connectivity index (χ4v) is 1.31. The zero-order chi connectivity index (χ0) is 8.36. The molecular formula is C9H21NSi. The van der Waals surface area contributed by atoms with Crippen LogP contribution in [0, 0.1) is 0 Å². The molecule has 11 heavy (non-hydrogen) atoms. The molecule has 0 bridgehead atoms. The number of nitrogens with one attached hydrogen (secondary N) is 1. The van der Waals surface area contributed by atoms with Crippen LogP contribution in [0.5, 0.6) is 0 Å². The SMILES string of the molecule is CCCNCCCCC=C[SiH3]. The van der Waals surface area contributed by atoms with Crippen molar-refractivity contribution in [2.45, 2.75) is 32.6 Å². The fourth-order valence-electron chi connectivity index (χ4n) is 0.981. The molecular weight excluding hydrogens is 150 g/mol. The van der Waals surface area contributed by atoms with Gasteiger partial charge in [0.25, 0.3) is 0 Å². The molecule has 0 aromatic carbocycles. The Hall–Kier alpha value is -0.0831. The standard InChI is InChI=1S/C9H21NSi/c1-2-7-10-8-5-3-4-6-9-11/h6,9-10H,2-5,7-8H2,1,11H3. The van der Waals surface area contributed by atoms with E-state index in [2.05, 4.69) is 24.0 Å². The lowest BCUT2D eigenvalue weighted by atomic mass is 10.2. The number of hydrogen-bond donors (Lipinski definition) is 1. The molecule has 0 radical (unpaired) electrons. The number of rotatable bonds is 7. The average Bonchev–Trinajstić information content (AvgIpc) is 2.03. The van der Waals surface area contributed by atoms with Gasteiger partial charge in [-0.1, -0.05) is 13.0 Å². The second-order valence-corrected chi connectivity index (χ2v) is 3.48. The molecule has 0 heterocycles. The third-order valence-electron chi connectivity index (χ3n) is 1.64. The van der Waals surface area contributed by atoms with Gasteiger partial charge < -0.3 is 5.32 Å². The molecule has 0 aliphatic rings. The summed E-state index contributed by atoms with van der Waals surface area (Å²) in [6.07, 6.45) is 7.49. The van der Waals surface area contributed by atoms with Gasteiger partial charge in [0.1, 0.15) is 0 Å². The van der Waals surface area contributed by atoms with E-state index in [1.165, 1.54) is 49.0 Å². The van der Waals surface area contributed by atoms with E-state index in [4.69, 9.17) is 0 Å². The molecule has 0 saturated carbocycles. The number of hydrogen-bond acceptors (Lipinski definition) is 1. The van der Waals surface area contributed by atoms with Crippen LogP contribution >= 0.6 is 0 Å². The lowest BCUT2D eigenvalue weighted by molar-refractivity contribution is 0.620. The van der Waals surface area contributed by atoms with Crippen molar-refractivity contribution >= 4 is 10.2 Å². The van der Waals surface area contributed by atoms with Crippen LogP contribution in [0.25, 0.3) is 0 Å². The molecule has 0 atom stereocenters. The minimum Gasteiger partial charge on any atom is -0.317 e. The molecule has 0 aliphatic carbocycles. The lowest BCUT2D eigenvalue weighted by Gasteiger charge is -2.00. The highest BCUT2D eigenvalue weighted by atomic mass is 28.1. The van der Waals surface area contributed by atoms with Crippen LogP contribution < -0.4 is 5.32 Å². The quantitative estimate of drug-likeness (QED) is 0.446. The molecule has 1 N–H and O–H groups in total. The van der Waals surface area contributed by atoms with E-state index in [0.29, 0.717) is 0 Å². The first kappa shape index (κ1) is 10.9. The van der Waals surface area contributed by atoms with Crippen molar-refractivity contribution in [2.75, 3.05) is 13.1 Å². The summed E-state index contributed by atoms with van der Waals surface area (Å²) in [5, 5.41) is 3.40. The maximum atomic E-state index is 3.40. The van der Waals surface area contributed by atoms with Gasteiger partial charge in [-0.15, -0.1) is 5.70 Å². The second-order valence-electron chi connectivity index (χ2n) is 2.81. The summed E-state index contributed by atoms with van der Waals surface area (Å²) < 4.78 is 0. The molecule has 0 rings (SSSR count). The molecule has 0 aromatic heterocycles. The van der Waals surface area contributed by atoms with E-state index in [0.717, 1.165) is 0 Å². The zero-order valence-corrected chi connectivity index (χ0v) is 9.90. The highest BCUT2D eigenvalue weighted by Gasteiger charge is 1.85. The third kappa shape index (κ3) is 9.92. The van der Waals surface area contributed by atoms with Crippen molar-refractivity contribution < 1.29 is 0 Å². The second kappa shape index (κ2) is 9.92. The normalized spacial score (nSPS) is 11.4. The lowest BCUT2D eigenvalue weighted by Crippen LogP contribution is -2.15. The maximum Gasteiger partial charge on any atom is 0.0287 e. The van der Waals surface area contributed by atoms with Crippen molar-refractivity contribution in [3.8, 4) is 0 Å². The summed E-state index contributed by atoms with van der Waals surface area (Å²) in [6.45, 7) is 4.58. The molecule has 0 amide bonds. The summed E-state index contributed by atoms with van der Waals surface area (Å²) in [4.78, 5) is 0. The first-order valence-corrected chi connectivity index (χ1v) is 5.89. The highest BCUT2D eigenvalue weighted by Crippen LogP contribution is 1.94. The van der Waals surface area contributed by atoms with Crippen molar-refractivity contribution in [1.82, 2.24) is 5.32 Å². The van der Waals surface area contributed by atoms with Gasteiger partial charge in [-0.05, 0) is 38.8 Å². The van der Waals surface area contributed by atoms with Crippen molar-refractivity contribution in [3.63, 3.8) is 0 Å². The highest BCUT2D eigenvalue weighted by molar-refractivity contribution is 6.16. The number of allylic oxidation sites excluding steroid dienone is 1. The summed E-state index contributed by atoms with van der Waals surface area (Å²) in [7, 11) is 1.21. The van der Waals surface area contributed by atoms with Crippen LogP contribution in [0.1, 0.15) is 32.6 Å². The third-order valence-corrected chi connectivity index (χ3v) is 2.11. The predicted octanol–water partition coefficient (Wildman–Crippen LogP) is 1.04. The van der Waals surface area contributed by atoms with E-state index in [-0.39, 0.29) is 0 Å². The van der Waals surface area contributed by atoms with Gasteiger partial charge in [0.05, 0.1) is 0 Å². The van der Waals surface area contributed by atoms with Gasteiger partial charge in [0.15, 0.2) is 0 Å². The Morgan fingerprint density at radius 3 is 2.73 bits per heavy atom. The molecule has 0 aromatic rings. The van der Waals surface area contributed by atoms with Crippen molar-refractivity contribution in [2.24, 2.45) is 0 Å². The van der Waals surface area contributed by atoms with Gasteiger partial charge in [-0.2, -0.15) is 0 Å². The molecule has 2 heteroatoms. The van der Waals surface area contributed by atoms with E-state index < -0.39 is 0 Å². The van der Waals surface area contributed by atoms with Gasteiger partial charge in [0.2, 0.25) is 0 Å². The van der Waals surface area contributed by atoms with Gasteiger partial charge in [-0.3, -0.25) is 0 Å². The molecule has 66 valence electrons. The molecule has 1 nitrogen and oxygen atoms in total. The van der Waals surface area contributed by atoms with E-state index in [1.807, 2.05) is 0 Å². The monoisotopic (exact) mass is 171 g/mol. The topological polar surface area (TPSA) is 12.0 Å². The molecule has 0 unspecified atom stereocenters. The Morgan fingerprint density at radius 2 is 2.09 bits per heavy atom.